The van der Waals surface area contributed by atoms with Crippen LogP contribution in [0.15, 0.2) is 12.7 Å². The van der Waals surface area contributed by atoms with Gasteiger partial charge in [-0.1, -0.05) is 6.08 Å². The number of rotatable bonds is 8. The zero-order valence-corrected chi connectivity index (χ0v) is 9.95. The third-order valence-electron chi connectivity index (χ3n) is 3.27. The van der Waals surface area contributed by atoms with Crippen molar-refractivity contribution in [3.8, 4) is 0 Å². The van der Waals surface area contributed by atoms with Crippen LogP contribution >= 0.6 is 0 Å². The zero-order valence-electron chi connectivity index (χ0n) is 9.95. The van der Waals surface area contributed by atoms with Gasteiger partial charge in [-0.3, -0.25) is 4.79 Å². The topological polar surface area (TPSA) is 32.3 Å². The van der Waals surface area contributed by atoms with Crippen LogP contribution in [0.4, 0.5) is 0 Å². The second-order valence-corrected chi connectivity index (χ2v) is 5.11. The van der Waals surface area contributed by atoms with E-state index in [9.17, 15) is 4.79 Å². The molecule has 3 heteroatoms. The van der Waals surface area contributed by atoms with E-state index < -0.39 is 0 Å². The van der Waals surface area contributed by atoms with Crippen molar-refractivity contribution in [1.29, 1.82) is 0 Å². The lowest BCUT2D eigenvalue weighted by atomic mass is 10.3. The SMILES string of the molecule is C=CCNCC(=O)N(CC1CC1)CC1CC1. The van der Waals surface area contributed by atoms with Crippen molar-refractivity contribution in [1.82, 2.24) is 10.2 Å². The largest absolute Gasteiger partial charge is 0.341 e. The van der Waals surface area contributed by atoms with Gasteiger partial charge in [-0.05, 0) is 37.5 Å². The van der Waals surface area contributed by atoms with Crippen LogP contribution < -0.4 is 5.32 Å². The Hall–Kier alpha value is -0.830. The number of nitrogens with zero attached hydrogens (tertiary/aromatic N) is 1. The summed E-state index contributed by atoms with van der Waals surface area (Å²) in [7, 11) is 0. The number of amides is 1. The molecule has 3 nitrogen and oxygen atoms in total. The Labute approximate surface area is 97.9 Å². The Morgan fingerprint density at radius 1 is 1.25 bits per heavy atom. The fraction of sp³-hybridized carbons (Fsp3) is 0.769. The van der Waals surface area contributed by atoms with Crippen molar-refractivity contribution in [3.05, 3.63) is 12.7 Å². The summed E-state index contributed by atoms with van der Waals surface area (Å²) in [5, 5.41) is 3.09. The molecule has 0 aliphatic heterocycles. The molecule has 0 radical (unpaired) electrons. The van der Waals surface area contributed by atoms with Gasteiger partial charge in [0.15, 0.2) is 0 Å². The molecular formula is C13H22N2O. The minimum absolute atomic E-state index is 0.264. The molecule has 0 spiro atoms. The van der Waals surface area contributed by atoms with Gasteiger partial charge in [0, 0.05) is 19.6 Å². The van der Waals surface area contributed by atoms with Gasteiger partial charge in [0.05, 0.1) is 6.54 Å². The van der Waals surface area contributed by atoms with Gasteiger partial charge in [-0.2, -0.15) is 0 Å². The highest BCUT2D eigenvalue weighted by Gasteiger charge is 2.31. The summed E-state index contributed by atoms with van der Waals surface area (Å²) in [6.45, 7) is 6.79. The Morgan fingerprint density at radius 2 is 1.81 bits per heavy atom. The minimum atomic E-state index is 0.264. The smallest absolute Gasteiger partial charge is 0.236 e. The molecule has 2 aliphatic rings. The lowest BCUT2D eigenvalue weighted by molar-refractivity contribution is -0.130. The molecule has 0 bridgehead atoms. The van der Waals surface area contributed by atoms with E-state index in [0.717, 1.165) is 24.9 Å². The first-order valence-electron chi connectivity index (χ1n) is 6.39. The maximum absolute atomic E-state index is 12.0. The third kappa shape index (κ3) is 3.97. The molecule has 0 aromatic carbocycles. The highest BCUT2D eigenvalue weighted by atomic mass is 16.2. The van der Waals surface area contributed by atoms with Gasteiger partial charge in [-0.25, -0.2) is 0 Å². The fourth-order valence-corrected chi connectivity index (χ4v) is 1.90. The monoisotopic (exact) mass is 222 g/mol. The highest BCUT2D eigenvalue weighted by molar-refractivity contribution is 5.78. The molecule has 0 heterocycles. The lowest BCUT2D eigenvalue weighted by Gasteiger charge is -2.22. The maximum atomic E-state index is 12.0. The van der Waals surface area contributed by atoms with Gasteiger partial charge < -0.3 is 10.2 Å². The van der Waals surface area contributed by atoms with Crippen LogP contribution in [0.3, 0.4) is 0 Å². The van der Waals surface area contributed by atoms with Crippen LogP contribution in [0.1, 0.15) is 25.7 Å². The lowest BCUT2D eigenvalue weighted by Crippen LogP contribution is -2.40. The molecule has 2 saturated carbocycles. The van der Waals surface area contributed by atoms with Crippen molar-refractivity contribution >= 4 is 5.91 Å². The molecule has 1 amide bonds. The molecule has 2 rings (SSSR count). The Balaban J connectivity index is 1.73. The van der Waals surface area contributed by atoms with E-state index in [2.05, 4.69) is 16.8 Å². The third-order valence-corrected chi connectivity index (χ3v) is 3.27. The summed E-state index contributed by atoms with van der Waals surface area (Å²) in [6.07, 6.45) is 7.05. The second kappa shape index (κ2) is 5.48. The van der Waals surface area contributed by atoms with Crippen LogP contribution in [0.2, 0.25) is 0 Å². The second-order valence-electron chi connectivity index (χ2n) is 5.11. The van der Waals surface area contributed by atoms with Crippen molar-refractivity contribution in [2.24, 2.45) is 11.8 Å². The number of nitrogens with one attached hydrogen (secondary N) is 1. The Kier molecular flexibility index (Phi) is 3.99. The van der Waals surface area contributed by atoms with Crippen molar-refractivity contribution in [3.63, 3.8) is 0 Å². The molecule has 16 heavy (non-hydrogen) atoms. The molecule has 0 aromatic heterocycles. The average Bonchev–Trinajstić information content (AvgIpc) is 3.11. The van der Waals surface area contributed by atoms with Crippen LogP contribution in [0, 0.1) is 11.8 Å². The summed E-state index contributed by atoms with van der Waals surface area (Å²) >= 11 is 0. The molecule has 1 N–H and O–H groups in total. The van der Waals surface area contributed by atoms with Crippen molar-refractivity contribution in [2.45, 2.75) is 25.7 Å². The standard InChI is InChI=1S/C13H22N2O/c1-2-7-14-8-13(16)15(9-11-3-4-11)10-12-5-6-12/h2,11-12,14H,1,3-10H2. The van der Waals surface area contributed by atoms with E-state index in [1.807, 2.05) is 0 Å². The summed E-state index contributed by atoms with van der Waals surface area (Å²) in [6, 6.07) is 0. The summed E-state index contributed by atoms with van der Waals surface area (Å²) in [5.74, 6) is 1.85. The molecule has 2 aliphatic carbocycles. The number of hydrogen-bond acceptors (Lipinski definition) is 2. The van der Waals surface area contributed by atoms with Gasteiger partial charge in [0.25, 0.3) is 0 Å². The van der Waals surface area contributed by atoms with Crippen LogP contribution in [0.25, 0.3) is 0 Å². The summed E-state index contributed by atoms with van der Waals surface area (Å²) in [4.78, 5) is 14.0. The molecule has 0 aromatic rings. The number of hydrogen-bond donors (Lipinski definition) is 1. The predicted molar refractivity (Wildman–Crippen MR) is 65.1 cm³/mol. The van der Waals surface area contributed by atoms with E-state index in [-0.39, 0.29) is 5.91 Å². The summed E-state index contributed by atoms with van der Waals surface area (Å²) < 4.78 is 0. The highest BCUT2D eigenvalue weighted by Crippen LogP contribution is 2.33. The predicted octanol–water partition coefficient (Wildman–Crippen LogP) is 1.41. The molecule has 0 unspecified atom stereocenters. The summed E-state index contributed by atoms with van der Waals surface area (Å²) in [5.41, 5.74) is 0. The van der Waals surface area contributed by atoms with Crippen LogP contribution in [-0.2, 0) is 4.79 Å². The van der Waals surface area contributed by atoms with Gasteiger partial charge in [-0.15, -0.1) is 6.58 Å². The van der Waals surface area contributed by atoms with Crippen LogP contribution in [0.5, 0.6) is 0 Å². The van der Waals surface area contributed by atoms with Gasteiger partial charge in [0.1, 0.15) is 0 Å². The Morgan fingerprint density at radius 3 is 2.25 bits per heavy atom. The van der Waals surface area contributed by atoms with E-state index in [4.69, 9.17) is 0 Å². The first-order chi connectivity index (χ1) is 7.79. The first-order valence-corrected chi connectivity index (χ1v) is 6.39. The molecule has 0 atom stereocenters. The molecule has 0 saturated heterocycles. The normalized spacial score (nSPS) is 19.5. The first kappa shape index (κ1) is 11.6. The van der Waals surface area contributed by atoms with E-state index in [1.54, 1.807) is 6.08 Å². The molecular weight excluding hydrogens is 200 g/mol. The fourth-order valence-electron chi connectivity index (χ4n) is 1.90. The Bertz CT molecular complexity index is 243. The molecule has 2 fully saturated rings. The number of carbonyl (C=O) groups excluding carboxylic acids is 1. The zero-order chi connectivity index (χ0) is 11.4. The van der Waals surface area contributed by atoms with E-state index in [0.29, 0.717) is 13.1 Å². The molecule has 90 valence electrons. The maximum Gasteiger partial charge on any atom is 0.236 e. The van der Waals surface area contributed by atoms with Gasteiger partial charge >= 0.3 is 0 Å². The van der Waals surface area contributed by atoms with Gasteiger partial charge in [0.2, 0.25) is 5.91 Å². The number of carbonyl (C=O) groups is 1. The van der Waals surface area contributed by atoms with Crippen LogP contribution in [-0.4, -0.2) is 37.0 Å². The van der Waals surface area contributed by atoms with Crippen molar-refractivity contribution < 1.29 is 4.79 Å². The quantitative estimate of drug-likeness (QED) is 0.497. The average molecular weight is 222 g/mol. The van der Waals surface area contributed by atoms with E-state index >= 15 is 0 Å². The van der Waals surface area contributed by atoms with Crippen molar-refractivity contribution in [2.75, 3.05) is 26.2 Å². The van der Waals surface area contributed by atoms with E-state index in [1.165, 1.54) is 25.7 Å². The minimum Gasteiger partial charge on any atom is -0.341 e.